The van der Waals surface area contributed by atoms with E-state index in [9.17, 15) is 18.3 Å². The second-order valence-electron chi connectivity index (χ2n) is 10.4. The maximum Gasteiger partial charge on any atom is 0.338 e. The molecule has 2 aromatic carbocycles. The van der Waals surface area contributed by atoms with Crippen molar-refractivity contribution in [2.45, 2.75) is 82.3 Å². The Hall–Kier alpha value is -3.65. The van der Waals surface area contributed by atoms with Crippen LogP contribution in [0.5, 0.6) is 0 Å². The molecule has 0 saturated heterocycles. The number of cyclic esters (lactones) is 1. The van der Waals surface area contributed by atoms with Gasteiger partial charge in [0.15, 0.2) is 5.03 Å². The maximum absolute atomic E-state index is 13.5. The average molecular weight is 563 g/mol. The number of esters is 1. The number of aromatic nitrogens is 1. The number of rotatable bonds is 12. The van der Waals surface area contributed by atoms with Crippen LogP contribution in [0.25, 0.3) is 0 Å². The van der Waals surface area contributed by atoms with E-state index in [-0.39, 0.29) is 22.8 Å². The van der Waals surface area contributed by atoms with Crippen molar-refractivity contribution in [3.05, 3.63) is 101 Å². The highest BCUT2D eigenvalue weighted by atomic mass is 32.2. The minimum atomic E-state index is -3.90. The zero-order chi connectivity index (χ0) is 28.8. The van der Waals surface area contributed by atoms with Crippen molar-refractivity contribution in [2.75, 3.05) is 4.72 Å². The quantitative estimate of drug-likeness (QED) is 0.233. The fourth-order valence-electron chi connectivity index (χ4n) is 5.44. The van der Waals surface area contributed by atoms with Crippen LogP contribution in [0.4, 0.5) is 5.69 Å². The summed E-state index contributed by atoms with van der Waals surface area (Å²) in [7, 11) is -3.90. The second-order valence-corrected chi connectivity index (χ2v) is 12.0. The first-order chi connectivity index (χ1) is 19.2. The predicted octanol–water partition coefficient (Wildman–Crippen LogP) is 6.87. The normalized spacial score (nSPS) is 18.3. The summed E-state index contributed by atoms with van der Waals surface area (Å²) in [6.45, 7) is 5.95. The molecule has 0 spiro atoms. The Morgan fingerprint density at radius 1 is 1.00 bits per heavy atom. The Morgan fingerprint density at radius 3 is 2.40 bits per heavy atom. The van der Waals surface area contributed by atoms with E-state index < -0.39 is 27.5 Å². The van der Waals surface area contributed by atoms with Crippen LogP contribution in [0.1, 0.15) is 75.5 Å². The predicted molar refractivity (Wildman–Crippen MR) is 157 cm³/mol. The average Bonchev–Trinajstić information content (AvgIpc) is 2.94. The van der Waals surface area contributed by atoms with E-state index in [1.165, 1.54) is 6.07 Å². The zero-order valence-corrected chi connectivity index (χ0v) is 24.2. The molecule has 40 heavy (non-hydrogen) atoms. The SMILES string of the molecule is CCC[C@@]1(CCc2ccccc2)CC(O)=C([C@H](CC)c2cccc(NS(=O)(=O)c3ccc(CC)cn3)c2)C(=O)O1. The van der Waals surface area contributed by atoms with Gasteiger partial charge in [0.25, 0.3) is 10.0 Å². The van der Waals surface area contributed by atoms with Gasteiger partial charge < -0.3 is 9.84 Å². The van der Waals surface area contributed by atoms with Gasteiger partial charge in [0.1, 0.15) is 11.4 Å². The fourth-order valence-corrected chi connectivity index (χ4v) is 6.42. The van der Waals surface area contributed by atoms with Crippen molar-refractivity contribution in [1.29, 1.82) is 0 Å². The van der Waals surface area contributed by atoms with Crippen LogP contribution in [0.2, 0.25) is 0 Å². The van der Waals surface area contributed by atoms with Gasteiger partial charge in [-0.3, -0.25) is 4.72 Å². The van der Waals surface area contributed by atoms with E-state index >= 15 is 0 Å². The minimum Gasteiger partial charge on any atom is -0.512 e. The summed E-state index contributed by atoms with van der Waals surface area (Å²) in [5, 5.41) is 11.2. The van der Waals surface area contributed by atoms with Gasteiger partial charge in [0, 0.05) is 24.2 Å². The van der Waals surface area contributed by atoms with Gasteiger partial charge in [-0.1, -0.05) is 75.7 Å². The van der Waals surface area contributed by atoms with Crippen molar-refractivity contribution in [3.63, 3.8) is 0 Å². The monoisotopic (exact) mass is 562 g/mol. The number of ether oxygens (including phenoxy) is 1. The number of sulfonamides is 1. The van der Waals surface area contributed by atoms with E-state index in [0.29, 0.717) is 30.5 Å². The molecular weight excluding hydrogens is 524 g/mol. The first-order valence-electron chi connectivity index (χ1n) is 14.0. The molecule has 212 valence electrons. The number of anilines is 1. The molecule has 0 saturated carbocycles. The summed E-state index contributed by atoms with van der Waals surface area (Å²) < 4.78 is 34.6. The summed E-state index contributed by atoms with van der Waals surface area (Å²) in [5.41, 5.74) is 2.65. The van der Waals surface area contributed by atoms with Gasteiger partial charge in [0.2, 0.25) is 0 Å². The smallest absolute Gasteiger partial charge is 0.338 e. The van der Waals surface area contributed by atoms with Gasteiger partial charge in [-0.15, -0.1) is 0 Å². The molecule has 1 aliphatic rings. The van der Waals surface area contributed by atoms with Crippen LogP contribution >= 0.6 is 0 Å². The molecular formula is C32H38N2O5S. The lowest BCUT2D eigenvalue weighted by Gasteiger charge is -2.38. The van der Waals surface area contributed by atoms with Crippen LogP contribution < -0.4 is 4.72 Å². The van der Waals surface area contributed by atoms with Crippen molar-refractivity contribution in [3.8, 4) is 0 Å². The largest absolute Gasteiger partial charge is 0.512 e. The number of hydrogen-bond donors (Lipinski definition) is 2. The van der Waals surface area contributed by atoms with Crippen LogP contribution in [0.3, 0.4) is 0 Å². The second kappa shape index (κ2) is 12.7. The lowest BCUT2D eigenvalue weighted by atomic mass is 9.80. The number of benzene rings is 2. The molecule has 3 aromatic rings. The van der Waals surface area contributed by atoms with E-state index in [1.807, 2.05) is 45.0 Å². The molecule has 2 atom stereocenters. The summed E-state index contributed by atoms with van der Waals surface area (Å²) in [5.74, 6) is -0.910. The Balaban J connectivity index is 1.57. The molecule has 0 aliphatic carbocycles. The van der Waals surface area contributed by atoms with E-state index in [0.717, 1.165) is 30.4 Å². The molecule has 1 aliphatic heterocycles. The molecule has 0 radical (unpaired) electrons. The lowest BCUT2D eigenvalue weighted by molar-refractivity contribution is -0.161. The third kappa shape index (κ3) is 6.73. The van der Waals surface area contributed by atoms with Gasteiger partial charge in [-0.2, -0.15) is 8.42 Å². The summed E-state index contributed by atoms with van der Waals surface area (Å²) >= 11 is 0. The Labute approximate surface area is 237 Å². The van der Waals surface area contributed by atoms with Gasteiger partial charge in [-0.25, -0.2) is 9.78 Å². The fraction of sp³-hybridized carbons (Fsp3) is 0.375. The lowest BCUT2D eigenvalue weighted by Crippen LogP contribution is -2.41. The molecule has 1 aromatic heterocycles. The van der Waals surface area contributed by atoms with Crippen molar-refractivity contribution >= 4 is 21.7 Å². The molecule has 0 amide bonds. The summed E-state index contributed by atoms with van der Waals surface area (Å²) in [4.78, 5) is 17.6. The standard InChI is InChI=1S/C32H38N2O5S/c1-4-18-32(19-17-24-11-8-7-9-12-24)21-28(35)30(31(36)39-32)27(6-3)25-13-10-14-26(20-25)34-40(37,38)29-16-15-23(5-2)22-33-29/h7-16,20,22,27,34-35H,4-6,17-19,21H2,1-3H3/t27-,32-/m1/s1. The Kier molecular flexibility index (Phi) is 9.30. The summed E-state index contributed by atoms with van der Waals surface area (Å²) in [6.07, 6.45) is 5.94. The first kappa shape index (κ1) is 29.3. The van der Waals surface area contributed by atoms with Crippen LogP contribution in [0.15, 0.2) is 89.3 Å². The molecule has 0 unspecified atom stereocenters. The first-order valence-corrected chi connectivity index (χ1v) is 15.5. The van der Waals surface area contributed by atoms with E-state index in [4.69, 9.17) is 4.74 Å². The number of aliphatic hydroxyl groups excluding tert-OH is 1. The number of nitrogens with one attached hydrogen (secondary N) is 1. The van der Waals surface area contributed by atoms with Crippen LogP contribution in [0, 0.1) is 0 Å². The molecule has 7 nitrogen and oxygen atoms in total. The highest BCUT2D eigenvalue weighted by molar-refractivity contribution is 7.92. The van der Waals surface area contributed by atoms with E-state index in [1.54, 1.807) is 30.5 Å². The number of hydrogen-bond acceptors (Lipinski definition) is 6. The number of nitrogens with zero attached hydrogens (tertiary/aromatic N) is 1. The summed E-state index contributed by atoms with van der Waals surface area (Å²) in [6, 6.07) is 20.2. The zero-order valence-electron chi connectivity index (χ0n) is 23.4. The van der Waals surface area contributed by atoms with Crippen molar-refractivity contribution < 1.29 is 23.1 Å². The maximum atomic E-state index is 13.5. The van der Waals surface area contributed by atoms with Crippen LogP contribution in [-0.2, 0) is 32.4 Å². The molecule has 4 rings (SSSR count). The highest BCUT2D eigenvalue weighted by Gasteiger charge is 2.43. The number of aliphatic hydroxyl groups is 1. The van der Waals surface area contributed by atoms with Crippen molar-refractivity contribution in [1.82, 2.24) is 4.98 Å². The number of pyridine rings is 1. The number of carbonyl (C=O) groups excluding carboxylic acids is 1. The highest BCUT2D eigenvalue weighted by Crippen LogP contribution is 2.42. The molecule has 2 heterocycles. The molecule has 0 fully saturated rings. The third-order valence-corrected chi connectivity index (χ3v) is 8.82. The molecule has 2 N–H and O–H groups in total. The number of carbonyl (C=O) groups is 1. The van der Waals surface area contributed by atoms with Gasteiger partial charge in [0.05, 0.1) is 5.57 Å². The van der Waals surface area contributed by atoms with Gasteiger partial charge in [-0.05, 0) is 67.0 Å². The molecule has 0 bridgehead atoms. The van der Waals surface area contributed by atoms with Gasteiger partial charge >= 0.3 is 5.97 Å². The third-order valence-electron chi connectivity index (χ3n) is 7.53. The Bertz CT molecular complexity index is 1450. The number of aryl methyl sites for hydroxylation is 2. The van der Waals surface area contributed by atoms with Crippen LogP contribution in [-0.4, -0.2) is 30.1 Å². The topological polar surface area (TPSA) is 106 Å². The van der Waals surface area contributed by atoms with E-state index in [2.05, 4.69) is 21.8 Å². The minimum absolute atomic E-state index is 0.0517. The molecule has 8 heteroatoms. The Morgan fingerprint density at radius 2 is 1.77 bits per heavy atom. The van der Waals surface area contributed by atoms with Crippen molar-refractivity contribution in [2.24, 2.45) is 0 Å².